The van der Waals surface area contributed by atoms with Gasteiger partial charge >= 0.3 is 0 Å². The van der Waals surface area contributed by atoms with Gasteiger partial charge in [-0.3, -0.25) is 4.99 Å². The van der Waals surface area contributed by atoms with E-state index in [0.29, 0.717) is 11.9 Å². The minimum atomic E-state index is 0. The van der Waals surface area contributed by atoms with E-state index < -0.39 is 0 Å². The summed E-state index contributed by atoms with van der Waals surface area (Å²) in [6.07, 6.45) is 1.07. The number of ether oxygens (including phenoxy) is 1. The van der Waals surface area contributed by atoms with Crippen LogP contribution in [0.4, 0.5) is 0 Å². The maximum absolute atomic E-state index is 6.05. The Morgan fingerprint density at radius 1 is 1.30 bits per heavy atom. The lowest BCUT2D eigenvalue weighted by Crippen LogP contribution is -2.45. The average Bonchev–Trinajstić information content (AvgIpc) is 2.49. The highest BCUT2D eigenvalue weighted by Crippen LogP contribution is 2.19. The first kappa shape index (κ1) is 17.2. The molecular weight excluding hydrogens is 365 g/mol. The van der Waals surface area contributed by atoms with Crippen molar-refractivity contribution in [1.82, 2.24) is 4.90 Å². The van der Waals surface area contributed by atoms with E-state index in [0.717, 1.165) is 39.3 Å². The van der Waals surface area contributed by atoms with Gasteiger partial charge in [0.1, 0.15) is 0 Å². The molecular formula is C15H24IN3O. The zero-order chi connectivity index (χ0) is 13.5. The maximum Gasteiger partial charge on any atom is 0.191 e. The lowest BCUT2D eigenvalue weighted by atomic mass is 9.97. The van der Waals surface area contributed by atoms with Crippen molar-refractivity contribution in [3.63, 3.8) is 0 Å². The molecule has 1 aliphatic heterocycles. The van der Waals surface area contributed by atoms with Crippen molar-refractivity contribution in [2.45, 2.75) is 19.3 Å². The Morgan fingerprint density at radius 3 is 2.55 bits per heavy atom. The Hall–Kier alpha value is -0.820. The van der Waals surface area contributed by atoms with Gasteiger partial charge in [0.25, 0.3) is 0 Å². The lowest BCUT2D eigenvalue weighted by Gasteiger charge is -2.28. The van der Waals surface area contributed by atoms with Gasteiger partial charge in [-0.05, 0) is 12.0 Å². The van der Waals surface area contributed by atoms with Crippen LogP contribution in [-0.2, 0) is 4.74 Å². The predicted molar refractivity (Wildman–Crippen MR) is 93.8 cm³/mol. The van der Waals surface area contributed by atoms with Crippen molar-refractivity contribution in [3.05, 3.63) is 35.9 Å². The number of rotatable bonds is 4. The summed E-state index contributed by atoms with van der Waals surface area (Å²) in [7, 11) is 0. The highest BCUT2D eigenvalue weighted by Gasteiger charge is 2.13. The molecule has 20 heavy (non-hydrogen) atoms. The van der Waals surface area contributed by atoms with E-state index in [1.54, 1.807) is 0 Å². The van der Waals surface area contributed by atoms with E-state index in [2.05, 4.69) is 41.1 Å². The lowest BCUT2D eigenvalue weighted by molar-refractivity contribution is 0.0674. The molecule has 1 fully saturated rings. The largest absolute Gasteiger partial charge is 0.378 e. The summed E-state index contributed by atoms with van der Waals surface area (Å²) >= 11 is 0. The minimum Gasteiger partial charge on any atom is -0.378 e. The van der Waals surface area contributed by atoms with Gasteiger partial charge < -0.3 is 15.4 Å². The second-order valence-electron chi connectivity index (χ2n) is 4.81. The Labute approximate surface area is 138 Å². The van der Waals surface area contributed by atoms with Crippen LogP contribution in [0, 0.1) is 0 Å². The molecule has 2 N–H and O–H groups in total. The third-order valence-electron chi connectivity index (χ3n) is 3.57. The van der Waals surface area contributed by atoms with Crippen molar-refractivity contribution in [1.29, 1.82) is 0 Å². The molecule has 2 rings (SSSR count). The van der Waals surface area contributed by atoms with E-state index >= 15 is 0 Å². The topological polar surface area (TPSA) is 50.8 Å². The number of halogens is 1. The molecule has 1 saturated heterocycles. The number of aliphatic imine (C=N–C) groups is 1. The summed E-state index contributed by atoms with van der Waals surface area (Å²) in [4.78, 5) is 6.66. The Balaban J connectivity index is 0.00000200. The molecule has 1 aromatic rings. The number of hydrogen-bond acceptors (Lipinski definition) is 2. The first-order valence-electron chi connectivity index (χ1n) is 6.98. The molecule has 1 heterocycles. The molecule has 1 aromatic carbocycles. The number of nitrogens with two attached hydrogens (primary N) is 1. The average molecular weight is 389 g/mol. The van der Waals surface area contributed by atoms with E-state index in [1.807, 2.05) is 6.07 Å². The van der Waals surface area contributed by atoms with Crippen molar-refractivity contribution in [2.24, 2.45) is 10.7 Å². The molecule has 4 nitrogen and oxygen atoms in total. The van der Waals surface area contributed by atoms with Gasteiger partial charge in [0, 0.05) is 25.6 Å². The normalized spacial score (nSPS) is 17.4. The fourth-order valence-corrected chi connectivity index (χ4v) is 2.29. The molecule has 0 amide bonds. The van der Waals surface area contributed by atoms with E-state index in [9.17, 15) is 0 Å². The zero-order valence-electron chi connectivity index (χ0n) is 12.0. The van der Waals surface area contributed by atoms with Gasteiger partial charge in [0.05, 0.1) is 13.2 Å². The zero-order valence-corrected chi connectivity index (χ0v) is 14.3. The van der Waals surface area contributed by atoms with Crippen molar-refractivity contribution >= 4 is 29.9 Å². The van der Waals surface area contributed by atoms with Crippen molar-refractivity contribution in [2.75, 3.05) is 32.8 Å². The fraction of sp³-hybridized carbons (Fsp3) is 0.533. The number of guanidine groups is 1. The second-order valence-corrected chi connectivity index (χ2v) is 4.81. The van der Waals surface area contributed by atoms with E-state index in [1.165, 1.54) is 5.56 Å². The molecule has 0 aliphatic carbocycles. The van der Waals surface area contributed by atoms with Crippen LogP contribution >= 0.6 is 24.0 Å². The number of nitrogens with zero attached hydrogens (tertiary/aromatic N) is 2. The van der Waals surface area contributed by atoms with Gasteiger partial charge in [0.15, 0.2) is 5.96 Å². The third kappa shape index (κ3) is 4.94. The monoisotopic (exact) mass is 389 g/mol. The summed E-state index contributed by atoms with van der Waals surface area (Å²) in [5.74, 6) is 1.10. The van der Waals surface area contributed by atoms with Crippen LogP contribution in [0.1, 0.15) is 24.8 Å². The van der Waals surface area contributed by atoms with Gasteiger partial charge in [-0.1, -0.05) is 37.3 Å². The summed E-state index contributed by atoms with van der Waals surface area (Å²) in [5.41, 5.74) is 7.39. The minimum absolute atomic E-state index is 0. The van der Waals surface area contributed by atoms with Crippen molar-refractivity contribution < 1.29 is 4.74 Å². The third-order valence-corrected chi connectivity index (χ3v) is 3.57. The number of hydrogen-bond donors (Lipinski definition) is 1. The Kier molecular flexibility index (Phi) is 7.91. The summed E-state index contributed by atoms with van der Waals surface area (Å²) in [6.45, 7) is 6.12. The van der Waals surface area contributed by atoms with Crippen LogP contribution in [0.25, 0.3) is 0 Å². The first-order valence-corrected chi connectivity index (χ1v) is 6.98. The van der Waals surface area contributed by atoms with E-state index in [-0.39, 0.29) is 24.0 Å². The highest BCUT2D eigenvalue weighted by molar-refractivity contribution is 14.0. The Morgan fingerprint density at radius 2 is 1.95 bits per heavy atom. The molecule has 0 spiro atoms. The smallest absolute Gasteiger partial charge is 0.191 e. The number of benzene rings is 1. The summed E-state index contributed by atoms with van der Waals surface area (Å²) in [6, 6.07) is 10.5. The first-order chi connectivity index (χ1) is 9.31. The molecule has 0 bridgehead atoms. The van der Waals surface area contributed by atoms with E-state index in [4.69, 9.17) is 10.5 Å². The van der Waals surface area contributed by atoms with Crippen LogP contribution in [-0.4, -0.2) is 43.7 Å². The SMILES string of the molecule is CCC(CN=C(N)N1CCOCC1)c1ccccc1.I. The molecule has 1 atom stereocenters. The standard InChI is InChI=1S/C15H23N3O.HI/c1-2-13(14-6-4-3-5-7-14)12-17-15(16)18-8-10-19-11-9-18;/h3-7,13H,2,8-12H2,1H3,(H2,16,17);1H. The van der Waals surface area contributed by atoms with Gasteiger partial charge in [-0.15, -0.1) is 24.0 Å². The molecule has 1 unspecified atom stereocenters. The molecule has 5 heteroatoms. The van der Waals surface area contributed by atoms with Crippen LogP contribution in [0.15, 0.2) is 35.3 Å². The van der Waals surface area contributed by atoms with Crippen LogP contribution in [0.3, 0.4) is 0 Å². The van der Waals surface area contributed by atoms with Gasteiger partial charge in [-0.25, -0.2) is 0 Å². The molecule has 1 aliphatic rings. The van der Waals surface area contributed by atoms with Crippen LogP contribution in [0.2, 0.25) is 0 Å². The predicted octanol–water partition coefficient (Wildman–Crippen LogP) is 2.45. The van der Waals surface area contributed by atoms with Gasteiger partial charge in [-0.2, -0.15) is 0 Å². The summed E-state index contributed by atoms with van der Waals surface area (Å²) < 4.78 is 5.31. The number of morpholine rings is 1. The van der Waals surface area contributed by atoms with Crippen LogP contribution in [0.5, 0.6) is 0 Å². The summed E-state index contributed by atoms with van der Waals surface area (Å²) in [5, 5.41) is 0. The fourth-order valence-electron chi connectivity index (χ4n) is 2.29. The van der Waals surface area contributed by atoms with Crippen LogP contribution < -0.4 is 5.73 Å². The highest BCUT2D eigenvalue weighted by atomic mass is 127. The quantitative estimate of drug-likeness (QED) is 0.489. The maximum atomic E-state index is 6.05. The molecule has 0 saturated carbocycles. The second kappa shape index (κ2) is 9.18. The molecule has 0 radical (unpaired) electrons. The Bertz CT molecular complexity index is 405. The van der Waals surface area contributed by atoms with Crippen molar-refractivity contribution in [3.8, 4) is 0 Å². The molecule has 0 aromatic heterocycles. The molecule has 112 valence electrons. The van der Waals surface area contributed by atoms with Gasteiger partial charge in [0.2, 0.25) is 0 Å².